The average molecular weight is 678 g/mol. The smallest absolute Gasteiger partial charge is 0.220 e. The van der Waals surface area contributed by atoms with Gasteiger partial charge in [-0.15, -0.1) is 0 Å². The summed E-state index contributed by atoms with van der Waals surface area (Å²) in [5.41, 5.74) is 0. The zero-order valence-electron chi connectivity index (χ0n) is 32.8. The number of rotatable bonds is 40. The van der Waals surface area contributed by atoms with Gasteiger partial charge >= 0.3 is 0 Å². The lowest BCUT2D eigenvalue weighted by molar-refractivity contribution is -0.123. The molecule has 48 heavy (non-hydrogen) atoms. The van der Waals surface area contributed by atoms with Gasteiger partial charge in [0, 0.05) is 6.42 Å². The number of amides is 1. The van der Waals surface area contributed by atoms with Gasteiger partial charge in [-0.3, -0.25) is 4.79 Å². The third-order valence-electron chi connectivity index (χ3n) is 10.3. The Morgan fingerprint density at radius 3 is 1.15 bits per heavy atom. The topological polar surface area (TPSA) is 69.6 Å². The number of hydrogen-bond donors (Lipinski definition) is 3. The second-order valence-corrected chi connectivity index (χ2v) is 15.1. The van der Waals surface area contributed by atoms with Crippen LogP contribution in [0, 0.1) is 0 Å². The van der Waals surface area contributed by atoms with Gasteiger partial charge in [0.05, 0.1) is 18.8 Å². The van der Waals surface area contributed by atoms with Crippen molar-refractivity contribution in [3.63, 3.8) is 0 Å². The van der Waals surface area contributed by atoms with Crippen LogP contribution in [-0.4, -0.2) is 34.9 Å². The quantitative estimate of drug-likeness (QED) is 0.0446. The molecule has 0 spiro atoms. The molecule has 1 amide bonds. The first-order chi connectivity index (χ1) is 23.7. The maximum Gasteiger partial charge on any atom is 0.220 e. The van der Waals surface area contributed by atoms with Crippen LogP contribution in [0.5, 0.6) is 0 Å². The van der Waals surface area contributed by atoms with Crippen molar-refractivity contribution in [3.8, 4) is 0 Å². The second-order valence-electron chi connectivity index (χ2n) is 15.1. The molecule has 0 saturated heterocycles. The molecule has 0 bridgehead atoms. The molecule has 0 aliphatic rings. The summed E-state index contributed by atoms with van der Waals surface area (Å²) in [6.45, 7) is 4.37. The first-order valence-electron chi connectivity index (χ1n) is 21.9. The minimum Gasteiger partial charge on any atom is -0.394 e. The summed E-state index contributed by atoms with van der Waals surface area (Å²) >= 11 is 0. The Balaban J connectivity index is 3.51. The zero-order chi connectivity index (χ0) is 35.0. The Kier molecular flexibility index (Phi) is 39.8. The molecule has 0 aliphatic heterocycles. The molecule has 0 aromatic rings. The third-order valence-corrected chi connectivity index (χ3v) is 10.3. The first-order valence-corrected chi connectivity index (χ1v) is 21.9. The maximum atomic E-state index is 12.4. The predicted molar refractivity (Wildman–Crippen MR) is 212 cm³/mol. The number of unbranched alkanes of at least 4 members (excludes halogenated alkanes) is 31. The van der Waals surface area contributed by atoms with E-state index < -0.39 is 12.1 Å². The van der Waals surface area contributed by atoms with E-state index in [0.29, 0.717) is 12.8 Å². The van der Waals surface area contributed by atoms with Gasteiger partial charge in [0.1, 0.15) is 0 Å². The number of hydrogen-bond acceptors (Lipinski definition) is 3. The molecule has 286 valence electrons. The molecule has 4 nitrogen and oxygen atoms in total. The Labute approximate surface area is 301 Å². The molecule has 0 aliphatic carbocycles. The lowest BCUT2D eigenvalue weighted by atomic mass is 10.0. The van der Waals surface area contributed by atoms with Gasteiger partial charge in [0.25, 0.3) is 0 Å². The number of carbonyl (C=O) groups excluding carboxylic acids is 1. The summed E-state index contributed by atoms with van der Waals surface area (Å²) < 4.78 is 0. The van der Waals surface area contributed by atoms with E-state index in [1.807, 2.05) is 0 Å². The van der Waals surface area contributed by atoms with Crippen LogP contribution in [0.4, 0.5) is 0 Å². The van der Waals surface area contributed by atoms with E-state index in [2.05, 4.69) is 31.3 Å². The normalized spacial score (nSPS) is 13.0. The third kappa shape index (κ3) is 36.4. The second kappa shape index (κ2) is 40.6. The van der Waals surface area contributed by atoms with E-state index >= 15 is 0 Å². The van der Waals surface area contributed by atoms with Gasteiger partial charge in [-0.2, -0.15) is 0 Å². The fourth-order valence-corrected chi connectivity index (χ4v) is 6.89. The monoisotopic (exact) mass is 678 g/mol. The number of aliphatic hydroxyl groups is 2. The van der Waals surface area contributed by atoms with Crippen molar-refractivity contribution in [2.45, 2.75) is 257 Å². The van der Waals surface area contributed by atoms with Crippen molar-refractivity contribution in [2.75, 3.05) is 6.61 Å². The van der Waals surface area contributed by atoms with Crippen molar-refractivity contribution < 1.29 is 15.0 Å². The lowest BCUT2D eigenvalue weighted by Gasteiger charge is -2.22. The van der Waals surface area contributed by atoms with E-state index in [1.54, 1.807) is 0 Å². The summed E-state index contributed by atoms with van der Waals surface area (Å²) in [5, 5.41) is 23.2. The summed E-state index contributed by atoms with van der Waals surface area (Å²) in [6, 6.07) is -0.536. The molecule has 0 radical (unpaired) electrons. The number of nitrogens with one attached hydrogen (secondary N) is 1. The highest BCUT2D eigenvalue weighted by molar-refractivity contribution is 5.76. The molecule has 2 atom stereocenters. The number of aliphatic hydroxyl groups excluding tert-OH is 2. The SMILES string of the molecule is CCCCCCCCCCC/C=C\CCCCCCCC(=O)NC(CO)C(O)CCCCCCCCCCCCCCCCCCCC. The van der Waals surface area contributed by atoms with Gasteiger partial charge in [-0.25, -0.2) is 0 Å². The van der Waals surface area contributed by atoms with Crippen molar-refractivity contribution in [3.05, 3.63) is 12.2 Å². The summed E-state index contributed by atoms with van der Waals surface area (Å²) in [6.07, 6.45) is 50.0. The van der Waals surface area contributed by atoms with Gasteiger partial charge in [-0.1, -0.05) is 212 Å². The van der Waals surface area contributed by atoms with Gasteiger partial charge in [0.15, 0.2) is 0 Å². The predicted octanol–water partition coefficient (Wildman–Crippen LogP) is 13.5. The van der Waals surface area contributed by atoms with Crippen molar-refractivity contribution >= 4 is 5.91 Å². The number of allylic oxidation sites excluding steroid dienone is 2. The molecule has 0 heterocycles. The van der Waals surface area contributed by atoms with Crippen LogP contribution in [0.25, 0.3) is 0 Å². The Bertz CT molecular complexity index is 651. The summed E-state index contributed by atoms with van der Waals surface area (Å²) in [5.74, 6) is -0.0367. The van der Waals surface area contributed by atoms with E-state index in [0.717, 1.165) is 25.7 Å². The highest BCUT2D eigenvalue weighted by Gasteiger charge is 2.20. The van der Waals surface area contributed by atoms with E-state index in [9.17, 15) is 15.0 Å². The van der Waals surface area contributed by atoms with Crippen molar-refractivity contribution in [1.29, 1.82) is 0 Å². The van der Waals surface area contributed by atoms with Gasteiger partial charge in [-0.05, 0) is 38.5 Å². The molecule has 0 saturated carbocycles. The number of carbonyl (C=O) groups is 1. The Morgan fingerprint density at radius 1 is 0.479 bits per heavy atom. The minimum atomic E-state index is -0.659. The molecule has 0 fully saturated rings. The van der Waals surface area contributed by atoms with Crippen LogP contribution in [0.1, 0.15) is 245 Å². The molecule has 4 heteroatoms. The molecule has 2 unspecified atom stereocenters. The first kappa shape index (κ1) is 47.1. The van der Waals surface area contributed by atoms with Crippen LogP contribution >= 0.6 is 0 Å². The van der Waals surface area contributed by atoms with E-state index in [1.165, 1.54) is 193 Å². The maximum absolute atomic E-state index is 12.4. The van der Waals surface area contributed by atoms with Gasteiger partial charge in [0.2, 0.25) is 5.91 Å². The Morgan fingerprint density at radius 2 is 0.792 bits per heavy atom. The average Bonchev–Trinajstić information content (AvgIpc) is 3.09. The summed E-state index contributed by atoms with van der Waals surface area (Å²) in [4.78, 5) is 12.4. The van der Waals surface area contributed by atoms with Crippen LogP contribution < -0.4 is 5.32 Å². The van der Waals surface area contributed by atoms with E-state index in [-0.39, 0.29) is 12.5 Å². The Hall–Kier alpha value is -0.870. The van der Waals surface area contributed by atoms with Crippen LogP contribution in [0.2, 0.25) is 0 Å². The standard InChI is InChI=1S/C44H87NO3/c1-3-5-7-9-11-13-15-17-19-21-23-25-27-29-31-33-35-37-39-43(47)42(41-46)45-44(48)40-38-36-34-32-30-28-26-24-22-20-18-16-14-12-10-8-6-4-2/h24,26,42-43,46-47H,3-23,25,27-41H2,1-2H3,(H,45,48)/b26-24-. The van der Waals surface area contributed by atoms with Crippen molar-refractivity contribution in [1.82, 2.24) is 5.32 Å². The fraction of sp³-hybridized carbons (Fsp3) is 0.932. The minimum absolute atomic E-state index is 0.0367. The highest BCUT2D eigenvalue weighted by Crippen LogP contribution is 2.16. The molecule has 3 N–H and O–H groups in total. The lowest BCUT2D eigenvalue weighted by Crippen LogP contribution is -2.45. The van der Waals surface area contributed by atoms with Crippen molar-refractivity contribution in [2.24, 2.45) is 0 Å². The fourth-order valence-electron chi connectivity index (χ4n) is 6.89. The van der Waals surface area contributed by atoms with Crippen LogP contribution in [0.15, 0.2) is 12.2 Å². The highest BCUT2D eigenvalue weighted by atomic mass is 16.3. The largest absolute Gasteiger partial charge is 0.394 e. The zero-order valence-corrected chi connectivity index (χ0v) is 32.8. The molecular weight excluding hydrogens is 590 g/mol. The van der Waals surface area contributed by atoms with Crippen LogP contribution in [0.3, 0.4) is 0 Å². The van der Waals surface area contributed by atoms with Gasteiger partial charge < -0.3 is 15.5 Å². The molecule has 0 aromatic carbocycles. The van der Waals surface area contributed by atoms with E-state index in [4.69, 9.17) is 0 Å². The molecule has 0 aromatic heterocycles. The summed E-state index contributed by atoms with van der Waals surface area (Å²) in [7, 11) is 0. The van der Waals surface area contributed by atoms with Crippen LogP contribution in [-0.2, 0) is 4.79 Å². The molecule has 0 rings (SSSR count). The molecular formula is C44H87NO3.